The Hall–Kier alpha value is -1.35. The fourth-order valence-corrected chi connectivity index (χ4v) is 2.87. The summed E-state index contributed by atoms with van der Waals surface area (Å²) in [6, 6.07) is 7.89. The number of hydrogen-bond acceptors (Lipinski definition) is 2. The first-order chi connectivity index (χ1) is 9.06. The van der Waals surface area contributed by atoms with Crippen molar-refractivity contribution in [3.05, 3.63) is 35.4 Å². The van der Waals surface area contributed by atoms with Crippen LogP contribution in [0.3, 0.4) is 0 Å². The molecule has 1 heterocycles. The second-order valence-corrected chi connectivity index (χ2v) is 5.82. The van der Waals surface area contributed by atoms with Crippen molar-refractivity contribution >= 4 is 5.97 Å². The third kappa shape index (κ3) is 3.80. The van der Waals surface area contributed by atoms with Gasteiger partial charge in [0.15, 0.2) is 0 Å². The van der Waals surface area contributed by atoms with E-state index in [1.165, 1.54) is 19.3 Å². The minimum atomic E-state index is -0.848. The molecule has 0 radical (unpaired) electrons. The predicted octanol–water partition coefficient (Wildman–Crippen LogP) is 3.40. The van der Waals surface area contributed by atoms with Gasteiger partial charge in [-0.2, -0.15) is 0 Å². The van der Waals surface area contributed by atoms with Gasteiger partial charge in [-0.05, 0) is 43.4 Å². The van der Waals surface area contributed by atoms with Crippen LogP contribution >= 0.6 is 0 Å². The molecule has 0 aromatic heterocycles. The molecule has 3 nitrogen and oxygen atoms in total. The molecule has 1 aliphatic rings. The van der Waals surface area contributed by atoms with Gasteiger partial charge in [0.25, 0.3) is 0 Å². The Morgan fingerprint density at radius 2 is 2.16 bits per heavy atom. The van der Waals surface area contributed by atoms with Crippen molar-refractivity contribution < 1.29 is 9.90 Å². The van der Waals surface area contributed by atoms with E-state index in [9.17, 15) is 4.79 Å². The minimum absolute atomic E-state index is 0.382. The Bertz CT molecular complexity index is 444. The van der Waals surface area contributed by atoms with Gasteiger partial charge < -0.3 is 5.11 Å². The van der Waals surface area contributed by atoms with Crippen LogP contribution in [0.5, 0.6) is 0 Å². The number of aromatic carboxylic acids is 1. The quantitative estimate of drug-likeness (QED) is 0.906. The average Bonchev–Trinajstić information content (AvgIpc) is 2.52. The van der Waals surface area contributed by atoms with E-state index >= 15 is 0 Å². The van der Waals surface area contributed by atoms with E-state index in [4.69, 9.17) is 5.11 Å². The molecule has 2 atom stereocenters. The first-order valence-corrected chi connectivity index (χ1v) is 7.12. The maximum atomic E-state index is 11.0. The molecule has 2 rings (SSSR count). The van der Waals surface area contributed by atoms with Crippen molar-refractivity contribution in [3.63, 3.8) is 0 Å². The van der Waals surface area contributed by atoms with Gasteiger partial charge >= 0.3 is 5.97 Å². The van der Waals surface area contributed by atoms with Crippen LogP contribution in [0.4, 0.5) is 0 Å². The highest BCUT2D eigenvalue weighted by Gasteiger charge is 2.21. The molecule has 1 aromatic rings. The SMILES string of the molecule is CC1CCCC(C)N(Cc2cccc(C(=O)O)c2)C1. The molecule has 1 N–H and O–H groups in total. The Labute approximate surface area is 115 Å². The van der Waals surface area contributed by atoms with Crippen LogP contribution in [0.1, 0.15) is 49.0 Å². The number of rotatable bonds is 3. The van der Waals surface area contributed by atoms with Crippen LogP contribution < -0.4 is 0 Å². The lowest BCUT2D eigenvalue weighted by molar-refractivity contribution is 0.0696. The van der Waals surface area contributed by atoms with Gasteiger partial charge in [0.1, 0.15) is 0 Å². The third-order valence-corrected chi connectivity index (χ3v) is 4.05. The summed E-state index contributed by atoms with van der Waals surface area (Å²) in [5, 5.41) is 9.04. The van der Waals surface area contributed by atoms with Gasteiger partial charge in [-0.1, -0.05) is 25.5 Å². The second kappa shape index (κ2) is 6.20. The summed E-state index contributed by atoms with van der Waals surface area (Å²) in [5.74, 6) is -0.119. The monoisotopic (exact) mass is 261 g/mol. The fraction of sp³-hybridized carbons (Fsp3) is 0.562. The van der Waals surface area contributed by atoms with Crippen LogP contribution in [0.25, 0.3) is 0 Å². The van der Waals surface area contributed by atoms with Gasteiger partial charge in [-0.3, -0.25) is 4.90 Å². The van der Waals surface area contributed by atoms with Gasteiger partial charge in [0.2, 0.25) is 0 Å². The zero-order chi connectivity index (χ0) is 13.8. The van der Waals surface area contributed by atoms with Crippen molar-refractivity contribution in [1.82, 2.24) is 4.90 Å². The summed E-state index contributed by atoms with van der Waals surface area (Å²) in [4.78, 5) is 13.5. The van der Waals surface area contributed by atoms with Crippen molar-refractivity contribution in [3.8, 4) is 0 Å². The number of likely N-dealkylation sites (tertiary alicyclic amines) is 1. The molecule has 0 bridgehead atoms. The fourth-order valence-electron chi connectivity index (χ4n) is 2.87. The predicted molar refractivity (Wildman–Crippen MR) is 76.3 cm³/mol. The third-order valence-electron chi connectivity index (χ3n) is 4.05. The summed E-state index contributed by atoms with van der Waals surface area (Å²) < 4.78 is 0. The highest BCUT2D eigenvalue weighted by atomic mass is 16.4. The van der Waals surface area contributed by atoms with Crippen LogP contribution in [0.2, 0.25) is 0 Å². The number of carbonyl (C=O) groups is 1. The molecular weight excluding hydrogens is 238 g/mol. The minimum Gasteiger partial charge on any atom is -0.478 e. The summed E-state index contributed by atoms with van der Waals surface area (Å²) in [7, 11) is 0. The maximum Gasteiger partial charge on any atom is 0.335 e. The molecule has 0 amide bonds. The summed E-state index contributed by atoms with van der Waals surface area (Å²) in [6.45, 7) is 6.54. The van der Waals surface area contributed by atoms with Crippen LogP contribution in [0, 0.1) is 5.92 Å². The first-order valence-electron chi connectivity index (χ1n) is 7.12. The van der Waals surface area contributed by atoms with E-state index < -0.39 is 5.97 Å². The molecular formula is C16H23NO2. The maximum absolute atomic E-state index is 11.0. The Balaban J connectivity index is 2.10. The molecule has 1 aromatic carbocycles. The number of carboxylic acids is 1. The Kier molecular flexibility index (Phi) is 4.59. The Morgan fingerprint density at radius 1 is 1.37 bits per heavy atom. The highest BCUT2D eigenvalue weighted by molar-refractivity contribution is 5.87. The van der Waals surface area contributed by atoms with Crippen molar-refractivity contribution in [1.29, 1.82) is 0 Å². The molecule has 3 heteroatoms. The van der Waals surface area contributed by atoms with Crippen LogP contribution in [-0.4, -0.2) is 28.6 Å². The molecule has 1 saturated heterocycles. The summed E-state index contributed by atoms with van der Waals surface area (Å²) >= 11 is 0. The van der Waals surface area contributed by atoms with E-state index in [-0.39, 0.29) is 0 Å². The highest BCUT2D eigenvalue weighted by Crippen LogP contribution is 2.22. The van der Waals surface area contributed by atoms with E-state index in [1.54, 1.807) is 12.1 Å². The van der Waals surface area contributed by atoms with Gasteiger partial charge in [0.05, 0.1) is 5.56 Å². The molecule has 19 heavy (non-hydrogen) atoms. The lowest BCUT2D eigenvalue weighted by Gasteiger charge is -2.28. The van der Waals surface area contributed by atoms with E-state index in [0.717, 1.165) is 24.6 Å². The van der Waals surface area contributed by atoms with Crippen LogP contribution in [0.15, 0.2) is 24.3 Å². The van der Waals surface area contributed by atoms with E-state index in [2.05, 4.69) is 18.7 Å². The molecule has 0 spiro atoms. The summed E-state index contributed by atoms with van der Waals surface area (Å²) in [6.07, 6.45) is 3.84. The van der Waals surface area contributed by atoms with Gasteiger partial charge in [-0.15, -0.1) is 0 Å². The van der Waals surface area contributed by atoms with E-state index in [1.807, 2.05) is 12.1 Å². The molecule has 104 valence electrons. The molecule has 1 aliphatic heterocycles. The molecule has 2 unspecified atom stereocenters. The lowest BCUT2D eigenvalue weighted by Crippen LogP contribution is -2.34. The molecule has 0 aliphatic carbocycles. The van der Waals surface area contributed by atoms with Crippen molar-refractivity contribution in [2.75, 3.05) is 6.54 Å². The number of benzene rings is 1. The van der Waals surface area contributed by atoms with Gasteiger partial charge in [0, 0.05) is 19.1 Å². The first kappa shape index (κ1) is 14.1. The average molecular weight is 261 g/mol. The molecule has 0 saturated carbocycles. The zero-order valence-electron chi connectivity index (χ0n) is 11.8. The number of hydrogen-bond donors (Lipinski definition) is 1. The van der Waals surface area contributed by atoms with Gasteiger partial charge in [-0.25, -0.2) is 4.79 Å². The number of nitrogens with zero attached hydrogens (tertiary/aromatic N) is 1. The van der Waals surface area contributed by atoms with Crippen molar-refractivity contribution in [2.45, 2.75) is 45.7 Å². The van der Waals surface area contributed by atoms with Crippen molar-refractivity contribution in [2.24, 2.45) is 5.92 Å². The topological polar surface area (TPSA) is 40.5 Å². The standard InChI is InChI=1S/C16H23NO2/c1-12-5-3-6-13(2)17(10-12)11-14-7-4-8-15(9-14)16(18)19/h4,7-9,12-13H,3,5-6,10-11H2,1-2H3,(H,18,19). The molecule has 1 fully saturated rings. The van der Waals surface area contributed by atoms with Crippen LogP contribution in [-0.2, 0) is 6.54 Å². The summed E-state index contributed by atoms with van der Waals surface area (Å²) in [5.41, 5.74) is 1.48. The van der Waals surface area contributed by atoms with E-state index in [0.29, 0.717) is 11.6 Å². The lowest BCUT2D eigenvalue weighted by atomic mass is 10.1. The smallest absolute Gasteiger partial charge is 0.335 e. The number of carboxylic acid groups (broad SMARTS) is 1. The Morgan fingerprint density at radius 3 is 2.89 bits per heavy atom. The largest absolute Gasteiger partial charge is 0.478 e. The zero-order valence-corrected chi connectivity index (χ0v) is 11.8. The second-order valence-electron chi connectivity index (χ2n) is 5.82. The normalized spacial score (nSPS) is 24.9.